The molecule has 5 rings (SSSR count). The Kier molecular flexibility index (Phi) is 4.92. The van der Waals surface area contributed by atoms with Gasteiger partial charge in [0.1, 0.15) is 5.60 Å². The van der Waals surface area contributed by atoms with Gasteiger partial charge in [0.2, 0.25) is 0 Å². The molecular weight excluding hydrogens is 386 g/mol. The molecule has 1 heterocycles. The number of rotatable bonds is 4. The summed E-state index contributed by atoms with van der Waals surface area (Å²) in [5.74, 6) is 2.36. The summed E-state index contributed by atoms with van der Waals surface area (Å²) in [7, 11) is 0. The summed E-state index contributed by atoms with van der Waals surface area (Å²) in [6.07, 6.45) is 10.8. The molecule has 0 aromatic carbocycles. The highest BCUT2D eigenvalue weighted by Gasteiger charge is 2.58. The van der Waals surface area contributed by atoms with E-state index in [1.807, 2.05) is 10.8 Å². The Morgan fingerprint density at radius 2 is 2.10 bits per heavy atom. The van der Waals surface area contributed by atoms with Crippen molar-refractivity contribution in [3.63, 3.8) is 0 Å². The van der Waals surface area contributed by atoms with Gasteiger partial charge in [-0.05, 0) is 74.0 Å². The van der Waals surface area contributed by atoms with E-state index in [1.54, 1.807) is 12.5 Å². The summed E-state index contributed by atoms with van der Waals surface area (Å²) in [4.78, 5) is 17.2. The molecule has 0 bridgehead atoms. The molecule has 1 N–H and O–H groups in total. The summed E-state index contributed by atoms with van der Waals surface area (Å²) in [5, 5.41) is 10.3. The largest absolute Gasteiger partial charge is 0.384 e. The van der Waals surface area contributed by atoms with Crippen LogP contribution in [-0.2, 0) is 11.3 Å². The number of aliphatic hydroxyl groups is 1. The minimum atomic E-state index is -2.68. The summed E-state index contributed by atoms with van der Waals surface area (Å²) in [5.41, 5.74) is -0.723. The number of hydrogen-bond donors (Lipinski definition) is 1. The number of allylic oxidation sites excluding steroid dienone is 1. The third-order valence-corrected chi connectivity index (χ3v) is 9.23. The number of halogens is 2. The molecule has 1 aromatic rings. The van der Waals surface area contributed by atoms with Gasteiger partial charge in [0, 0.05) is 24.7 Å². The molecule has 164 valence electrons. The molecule has 7 atom stereocenters. The number of aromatic nitrogens is 2. The van der Waals surface area contributed by atoms with Crippen LogP contribution in [0.5, 0.6) is 0 Å². The fourth-order valence-electron chi connectivity index (χ4n) is 7.70. The average Bonchev–Trinajstić information content (AvgIpc) is 3.34. The van der Waals surface area contributed by atoms with Crippen molar-refractivity contribution in [2.75, 3.05) is 0 Å². The topological polar surface area (TPSA) is 55.1 Å². The second-order valence-corrected chi connectivity index (χ2v) is 10.6. The average molecular weight is 419 g/mol. The summed E-state index contributed by atoms with van der Waals surface area (Å²) in [6, 6.07) is 0. The Hall–Kier alpha value is -1.56. The molecule has 4 nitrogen and oxygen atoms in total. The molecule has 6 heteroatoms. The summed E-state index contributed by atoms with van der Waals surface area (Å²) in [6.45, 7) is 2.73. The lowest BCUT2D eigenvalue weighted by Crippen LogP contribution is -2.50. The molecule has 0 aliphatic heterocycles. The number of alkyl halides is 2. The highest BCUT2D eigenvalue weighted by molar-refractivity contribution is 5.82. The predicted octanol–water partition coefficient (Wildman–Crippen LogP) is 4.64. The minimum absolute atomic E-state index is 0.0442. The summed E-state index contributed by atoms with van der Waals surface area (Å²) >= 11 is 0. The van der Waals surface area contributed by atoms with Crippen molar-refractivity contribution in [3.8, 4) is 0 Å². The second-order valence-electron chi connectivity index (χ2n) is 10.6. The first-order chi connectivity index (χ1) is 14.3. The van der Waals surface area contributed by atoms with E-state index in [4.69, 9.17) is 0 Å². The first-order valence-electron chi connectivity index (χ1n) is 11.5. The number of Topliss-reactive ketones (excluding diaryl/α,β-unsaturated/α-hetero) is 1. The number of imidazole rings is 1. The molecule has 3 saturated carbocycles. The van der Waals surface area contributed by atoms with Gasteiger partial charge >= 0.3 is 0 Å². The molecule has 30 heavy (non-hydrogen) atoms. The quantitative estimate of drug-likeness (QED) is 0.725. The van der Waals surface area contributed by atoms with Crippen molar-refractivity contribution in [2.45, 2.75) is 76.9 Å². The van der Waals surface area contributed by atoms with E-state index in [0.717, 1.165) is 37.7 Å². The van der Waals surface area contributed by atoms with Gasteiger partial charge in [-0.2, -0.15) is 0 Å². The van der Waals surface area contributed by atoms with Gasteiger partial charge in [-0.25, -0.2) is 13.8 Å². The van der Waals surface area contributed by atoms with Crippen LogP contribution < -0.4 is 0 Å². The van der Waals surface area contributed by atoms with Crippen LogP contribution in [0.25, 0.3) is 0 Å². The predicted molar refractivity (Wildman–Crippen MR) is 109 cm³/mol. The standard InChI is InChI=1S/C24H32F2N2O2/c1-23-8-6-17-16-7-9-24(30,22(25)26)12-15(16)2-3-18(17)19(23)4-5-20(23)21(29)13-28-11-10-27-14-28/h2,10-11,14,16-20,22,30H,3-9,12-13H2,1H3/t16?,17-,18?,19+,20-,23+,24-/m1/s1. The fourth-order valence-corrected chi connectivity index (χ4v) is 7.70. The fraction of sp³-hybridized carbons (Fsp3) is 0.750. The molecule has 0 saturated heterocycles. The van der Waals surface area contributed by atoms with Crippen molar-refractivity contribution in [3.05, 3.63) is 30.4 Å². The van der Waals surface area contributed by atoms with Crippen LogP contribution in [0.1, 0.15) is 58.3 Å². The smallest absolute Gasteiger partial charge is 0.267 e. The van der Waals surface area contributed by atoms with Crippen molar-refractivity contribution in [2.24, 2.45) is 35.0 Å². The lowest BCUT2D eigenvalue weighted by atomic mass is 9.51. The highest BCUT2D eigenvalue weighted by atomic mass is 19.3. The van der Waals surface area contributed by atoms with E-state index < -0.39 is 12.0 Å². The molecule has 4 aliphatic rings. The van der Waals surface area contributed by atoms with E-state index in [2.05, 4.69) is 18.0 Å². The van der Waals surface area contributed by atoms with Crippen molar-refractivity contribution >= 4 is 5.78 Å². The number of ketones is 1. The normalized spacial score (nSPS) is 43.0. The van der Waals surface area contributed by atoms with E-state index in [9.17, 15) is 18.7 Å². The van der Waals surface area contributed by atoms with Crippen LogP contribution in [0, 0.1) is 35.0 Å². The number of carbonyl (C=O) groups is 1. The first-order valence-corrected chi connectivity index (χ1v) is 11.5. The van der Waals surface area contributed by atoms with Gasteiger partial charge in [0.05, 0.1) is 12.9 Å². The Morgan fingerprint density at radius 1 is 1.27 bits per heavy atom. The van der Waals surface area contributed by atoms with Gasteiger partial charge in [-0.3, -0.25) is 4.79 Å². The lowest BCUT2D eigenvalue weighted by Gasteiger charge is -2.54. The number of fused-ring (bicyclic) bond motifs is 5. The summed E-state index contributed by atoms with van der Waals surface area (Å²) < 4.78 is 28.6. The number of hydrogen-bond acceptors (Lipinski definition) is 3. The van der Waals surface area contributed by atoms with Gasteiger partial charge in [-0.15, -0.1) is 0 Å². The van der Waals surface area contributed by atoms with Crippen molar-refractivity contribution in [1.82, 2.24) is 9.55 Å². The number of carbonyl (C=O) groups excluding carboxylic acids is 1. The lowest BCUT2D eigenvalue weighted by molar-refractivity contribution is -0.131. The Morgan fingerprint density at radius 3 is 2.83 bits per heavy atom. The second kappa shape index (κ2) is 7.25. The maximum absolute atomic E-state index is 13.4. The maximum Gasteiger partial charge on any atom is 0.267 e. The SMILES string of the molecule is C[C@]12CC[C@@H]3C4CC[C@](O)(C(F)F)CC4=CCC3[C@@H]1CC[C@@H]2C(=O)Cn1ccnc1. The van der Waals surface area contributed by atoms with Crippen LogP contribution >= 0.6 is 0 Å². The van der Waals surface area contributed by atoms with Crippen molar-refractivity contribution in [1.29, 1.82) is 0 Å². The maximum atomic E-state index is 13.4. The zero-order valence-corrected chi connectivity index (χ0v) is 17.6. The van der Waals surface area contributed by atoms with E-state index in [0.29, 0.717) is 42.4 Å². The molecule has 2 unspecified atom stereocenters. The Balaban J connectivity index is 1.34. The van der Waals surface area contributed by atoms with Gasteiger partial charge in [0.15, 0.2) is 5.78 Å². The first kappa shape index (κ1) is 20.3. The van der Waals surface area contributed by atoms with Crippen LogP contribution in [0.4, 0.5) is 8.78 Å². The highest BCUT2D eigenvalue weighted by Crippen LogP contribution is 2.63. The van der Waals surface area contributed by atoms with Crippen molar-refractivity contribution < 1.29 is 18.7 Å². The minimum Gasteiger partial charge on any atom is -0.384 e. The third-order valence-electron chi connectivity index (χ3n) is 9.23. The van der Waals surface area contributed by atoms with Gasteiger partial charge in [0.25, 0.3) is 6.43 Å². The van der Waals surface area contributed by atoms with Crippen LogP contribution in [0.3, 0.4) is 0 Å². The molecule has 0 amide bonds. The van der Waals surface area contributed by atoms with E-state index >= 15 is 0 Å². The van der Waals surface area contributed by atoms with Crippen LogP contribution in [0.15, 0.2) is 30.4 Å². The van der Waals surface area contributed by atoms with E-state index in [-0.39, 0.29) is 24.2 Å². The molecule has 1 aromatic heterocycles. The van der Waals surface area contributed by atoms with Crippen LogP contribution in [0.2, 0.25) is 0 Å². The molecule has 0 radical (unpaired) electrons. The zero-order valence-electron chi connectivity index (χ0n) is 17.6. The molecule has 4 aliphatic carbocycles. The van der Waals surface area contributed by atoms with Gasteiger partial charge in [-0.1, -0.05) is 18.6 Å². The molecule has 0 spiro atoms. The Bertz CT molecular complexity index is 838. The molecular formula is C24H32F2N2O2. The van der Waals surface area contributed by atoms with Gasteiger partial charge < -0.3 is 9.67 Å². The molecule has 3 fully saturated rings. The van der Waals surface area contributed by atoms with Crippen LogP contribution in [-0.4, -0.2) is 32.5 Å². The Labute approximate surface area is 176 Å². The monoisotopic (exact) mass is 418 g/mol. The third kappa shape index (κ3) is 3.09. The number of nitrogens with zero attached hydrogens (tertiary/aromatic N) is 2. The zero-order chi connectivity index (χ0) is 21.1. The van der Waals surface area contributed by atoms with E-state index in [1.165, 1.54) is 0 Å².